The summed E-state index contributed by atoms with van der Waals surface area (Å²) < 4.78 is 0.424. The first kappa shape index (κ1) is 20.3. The number of likely N-dealkylation sites (N-methyl/N-ethyl adjacent to an activating group) is 1. The molecule has 0 aromatic heterocycles. The van der Waals surface area contributed by atoms with Crippen molar-refractivity contribution in [1.29, 1.82) is 0 Å². The van der Waals surface area contributed by atoms with Crippen LogP contribution in [0.25, 0.3) is 0 Å². The van der Waals surface area contributed by atoms with E-state index in [2.05, 4.69) is 0 Å². The van der Waals surface area contributed by atoms with Gasteiger partial charge in [0, 0.05) is 5.75 Å². The normalized spacial score (nSPS) is 12.6. The summed E-state index contributed by atoms with van der Waals surface area (Å²) in [5.74, 6) is -0.312. The number of nitrogens with two attached hydrogens (primary N) is 1. The Labute approximate surface area is 129 Å². The van der Waals surface area contributed by atoms with Gasteiger partial charge in [-0.25, -0.2) is 4.79 Å². The Bertz CT molecular complexity index is 277. The topological polar surface area (TPSA) is 101 Å². The number of nitrogens with zero attached hydrogens (tertiary/aromatic N) is 1. The fraction of sp³-hybridized carbons (Fsp3) is 0.800. The standard InChI is InChI=1S/C10H20N2O4S.HI/c1-12(2,7-9(13)14)4-6-17-5-3-8(11)10(15)16;/h8H,3-7,11H2,1-2H3,(H-,13,14,15,16);1H. The number of quaternary nitrogens is 1. The van der Waals surface area contributed by atoms with E-state index in [9.17, 15) is 9.59 Å². The van der Waals surface area contributed by atoms with Crippen LogP contribution in [0.4, 0.5) is 0 Å². The zero-order chi connectivity index (χ0) is 13.5. The maximum Gasteiger partial charge on any atom is 0.359 e. The van der Waals surface area contributed by atoms with Gasteiger partial charge in [0.15, 0.2) is 6.54 Å². The van der Waals surface area contributed by atoms with Gasteiger partial charge in [-0.15, -0.1) is 0 Å². The summed E-state index contributed by atoms with van der Waals surface area (Å²) in [7, 11) is 3.72. The number of rotatable bonds is 9. The molecule has 108 valence electrons. The maximum atomic E-state index is 10.6. The van der Waals surface area contributed by atoms with Crippen LogP contribution in [-0.2, 0) is 9.59 Å². The first-order chi connectivity index (χ1) is 7.74. The molecule has 1 atom stereocenters. The Balaban J connectivity index is 0. The quantitative estimate of drug-likeness (QED) is 0.216. The minimum absolute atomic E-state index is 0. The van der Waals surface area contributed by atoms with E-state index < -0.39 is 18.0 Å². The van der Waals surface area contributed by atoms with Crippen molar-refractivity contribution in [2.75, 3.05) is 38.7 Å². The second-order valence-electron chi connectivity index (χ2n) is 4.56. The van der Waals surface area contributed by atoms with Crippen molar-refractivity contribution < 1.29 is 48.3 Å². The monoisotopic (exact) mass is 392 g/mol. The van der Waals surface area contributed by atoms with Gasteiger partial charge in [-0.3, -0.25) is 4.79 Å². The highest BCUT2D eigenvalue weighted by molar-refractivity contribution is 7.99. The molecule has 0 aromatic carbocycles. The summed E-state index contributed by atoms with van der Waals surface area (Å²) in [5.41, 5.74) is 5.36. The molecule has 0 amide bonds. The van der Waals surface area contributed by atoms with E-state index in [1.165, 1.54) is 0 Å². The number of hydrogen-bond donors (Lipinski definition) is 3. The second kappa shape index (κ2) is 9.82. The van der Waals surface area contributed by atoms with Crippen molar-refractivity contribution in [3.8, 4) is 0 Å². The van der Waals surface area contributed by atoms with Crippen molar-refractivity contribution in [3.05, 3.63) is 0 Å². The Hall–Kier alpha value is -0.0600. The molecule has 18 heavy (non-hydrogen) atoms. The molecule has 0 saturated carbocycles. The molecule has 4 N–H and O–H groups in total. The van der Waals surface area contributed by atoms with Crippen LogP contribution in [0.5, 0.6) is 0 Å². The van der Waals surface area contributed by atoms with E-state index in [0.717, 1.165) is 12.3 Å². The third-order valence-electron chi connectivity index (χ3n) is 2.29. The van der Waals surface area contributed by atoms with Crippen molar-refractivity contribution in [2.24, 2.45) is 5.73 Å². The number of hydrogen-bond acceptors (Lipinski definition) is 4. The van der Waals surface area contributed by atoms with E-state index in [0.29, 0.717) is 16.7 Å². The molecule has 0 aliphatic carbocycles. The number of carbonyl (C=O) groups is 2. The zero-order valence-electron chi connectivity index (χ0n) is 10.6. The third-order valence-corrected chi connectivity index (χ3v) is 3.29. The number of carboxylic acids is 2. The maximum absolute atomic E-state index is 10.6. The molecule has 0 bridgehead atoms. The highest BCUT2D eigenvalue weighted by Gasteiger charge is 2.19. The lowest BCUT2D eigenvalue weighted by Crippen LogP contribution is -3.00. The molecule has 0 heterocycles. The van der Waals surface area contributed by atoms with Gasteiger partial charge in [0.05, 0.1) is 20.6 Å². The summed E-state index contributed by atoms with van der Waals surface area (Å²) >= 11 is 1.60. The molecule has 0 aromatic rings. The SMILES string of the molecule is C[N+](C)(CCSCCC(N)C(=O)O)CC(=O)O.[I-]. The van der Waals surface area contributed by atoms with E-state index in [1.807, 2.05) is 14.1 Å². The third kappa shape index (κ3) is 11.1. The van der Waals surface area contributed by atoms with Gasteiger partial charge in [-0.1, -0.05) is 0 Å². The van der Waals surface area contributed by atoms with E-state index >= 15 is 0 Å². The molecular weight excluding hydrogens is 371 g/mol. The van der Waals surface area contributed by atoms with Crippen molar-refractivity contribution >= 4 is 23.7 Å². The minimum atomic E-state index is -0.979. The van der Waals surface area contributed by atoms with Gasteiger partial charge in [0.25, 0.3) is 0 Å². The fourth-order valence-electron chi connectivity index (χ4n) is 1.19. The van der Waals surface area contributed by atoms with Gasteiger partial charge in [0.2, 0.25) is 0 Å². The van der Waals surface area contributed by atoms with Crippen molar-refractivity contribution in [3.63, 3.8) is 0 Å². The van der Waals surface area contributed by atoms with Gasteiger partial charge in [0.1, 0.15) is 6.04 Å². The minimum Gasteiger partial charge on any atom is -1.00 e. The number of halogens is 1. The highest BCUT2D eigenvalue weighted by Crippen LogP contribution is 2.07. The lowest BCUT2D eigenvalue weighted by atomic mass is 10.2. The van der Waals surface area contributed by atoms with Crippen LogP contribution in [-0.4, -0.2) is 71.4 Å². The Kier molecular flexibility index (Phi) is 11.0. The van der Waals surface area contributed by atoms with Crippen molar-refractivity contribution in [1.82, 2.24) is 0 Å². The average Bonchev–Trinajstić information content (AvgIpc) is 2.14. The van der Waals surface area contributed by atoms with Crippen LogP contribution in [0, 0.1) is 0 Å². The van der Waals surface area contributed by atoms with Gasteiger partial charge < -0.3 is 44.4 Å². The molecule has 0 radical (unpaired) electrons. The molecule has 0 spiro atoms. The molecule has 1 unspecified atom stereocenters. The van der Waals surface area contributed by atoms with Crippen LogP contribution in [0.1, 0.15) is 6.42 Å². The molecule has 0 rings (SSSR count). The van der Waals surface area contributed by atoms with Crippen LogP contribution in [0.15, 0.2) is 0 Å². The smallest absolute Gasteiger partial charge is 0.359 e. The van der Waals surface area contributed by atoms with E-state index in [4.69, 9.17) is 15.9 Å². The Morgan fingerprint density at radius 3 is 2.28 bits per heavy atom. The first-order valence-corrected chi connectivity index (χ1v) is 6.50. The van der Waals surface area contributed by atoms with Gasteiger partial charge in [-0.05, 0) is 12.2 Å². The zero-order valence-corrected chi connectivity index (χ0v) is 13.6. The Morgan fingerprint density at radius 2 is 1.83 bits per heavy atom. The fourth-order valence-corrected chi connectivity index (χ4v) is 2.44. The second-order valence-corrected chi connectivity index (χ2v) is 5.78. The van der Waals surface area contributed by atoms with Crippen molar-refractivity contribution in [2.45, 2.75) is 12.5 Å². The molecule has 0 fully saturated rings. The predicted octanol–water partition coefficient (Wildman–Crippen LogP) is -3.31. The number of aliphatic carboxylic acids is 2. The summed E-state index contributed by atoms with van der Waals surface area (Å²) in [6, 6.07) is -0.802. The number of thioether (sulfide) groups is 1. The molecule has 0 aliphatic heterocycles. The van der Waals surface area contributed by atoms with Gasteiger partial charge >= 0.3 is 11.9 Å². The van der Waals surface area contributed by atoms with Crippen LogP contribution in [0.3, 0.4) is 0 Å². The Morgan fingerprint density at radius 1 is 1.28 bits per heavy atom. The van der Waals surface area contributed by atoms with Crippen LogP contribution < -0.4 is 29.7 Å². The average molecular weight is 392 g/mol. The lowest BCUT2D eigenvalue weighted by molar-refractivity contribution is -0.880. The van der Waals surface area contributed by atoms with Gasteiger partial charge in [-0.2, -0.15) is 11.8 Å². The summed E-state index contributed by atoms with van der Waals surface area (Å²) in [5, 5.41) is 17.2. The summed E-state index contributed by atoms with van der Waals surface area (Å²) in [6.45, 7) is 0.828. The molecule has 0 saturated heterocycles. The first-order valence-electron chi connectivity index (χ1n) is 5.34. The molecular formula is C10H21IN2O4S. The molecule has 6 nitrogen and oxygen atoms in total. The summed E-state index contributed by atoms with van der Waals surface area (Å²) in [4.78, 5) is 21.0. The highest BCUT2D eigenvalue weighted by atomic mass is 127. The summed E-state index contributed by atoms with van der Waals surface area (Å²) in [6.07, 6.45) is 0.437. The predicted molar refractivity (Wildman–Crippen MR) is 67.0 cm³/mol. The van der Waals surface area contributed by atoms with Crippen LogP contribution in [0.2, 0.25) is 0 Å². The number of carboxylic acid groups (broad SMARTS) is 2. The van der Waals surface area contributed by atoms with Crippen LogP contribution >= 0.6 is 11.8 Å². The lowest BCUT2D eigenvalue weighted by Gasteiger charge is -2.27. The molecule has 8 heteroatoms. The molecule has 0 aliphatic rings. The van der Waals surface area contributed by atoms with E-state index in [-0.39, 0.29) is 30.5 Å². The van der Waals surface area contributed by atoms with E-state index in [1.54, 1.807) is 11.8 Å². The largest absolute Gasteiger partial charge is 1.00 e.